The highest BCUT2D eigenvalue weighted by Gasteiger charge is 2.24. The lowest BCUT2D eigenvalue weighted by molar-refractivity contribution is 0.205. The normalized spacial score (nSPS) is 18.5. The van der Waals surface area contributed by atoms with Gasteiger partial charge in [0.1, 0.15) is 5.75 Å². The van der Waals surface area contributed by atoms with E-state index < -0.39 is 0 Å². The number of hydrogen-bond donors (Lipinski definition) is 0. The van der Waals surface area contributed by atoms with E-state index >= 15 is 0 Å². The van der Waals surface area contributed by atoms with Crippen LogP contribution in [0.4, 0.5) is 5.69 Å². The van der Waals surface area contributed by atoms with E-state index in [4.69, 9.17) is 4.74 Å². The van der Waals surface area contributed by atoms with Gasteiger partial charge in [-0.25, -0.2) is 0 Å². The zero-order valence-corrected chi connectivity index (χ0v) is 19.8. The topological polar surface area (TPSA) is 19.0 Å². The van der Waals surface area contributed by atoms with Gasteiger partial charge >= 0.3 is 0 Å². The molecule has 3 aliphatic heterocycles. The minimum absolute atomic E-state index is 0.802. The minimum Gasteiger partial charge on any atom is -0.494 e. The van der Waals surface area contributed by atoms with Crippen LogP contribution in [0.15, 0.2) is 42.5 Å². The number of nitrogens with zero attached hydrogens (tertiary/aromatic N) is 3. The number of benzene rings is 2. The molecule has 170 valence electrons. The van der Waals surface area contributed by atoms with Crippen LogP contribution in [0.25, 0.3) is 11.3 Å². The lowest BCUT2D eigenvalue weighted by Gasteiger charge is -2.27. The van der Waals surface area contributed by atoms with Gasteiger partial charge in [-0.3, -0.25) is 0 Å². The van der Waals surface area contributed by atoms with Crippen molar-refractivity contribution in [2.75, 3.05) is 58.3 Å². The summed E-state index contributed by atoms with van der Waals surface area (Å²) in [5.74, 6) is 1.02. The lowest BCUT2D eigenvalue weighted by atomic mass is 9.97. The van der Waals surface area contributed by atoms with E-state index in [0.717, 1.165) is 38.4 Å². The van der Waals surface area contributed by atoms with Crippen molar-refractivity contribution in [3.63, 3.8) is 0 Å². The molecule has 0 atom stereocenters. The Balaban J connectivity index is 1.38. The van der Waals surface area contributed by atoms with Crippen molar-refractivity contribution >= 4 is 17.0 Å². The molecule has 0 aliphatic carbocycles. The standard InChI is InChI=1S/C28H37N3O/c1-29(2)23-11-9-22(10-12-23)27-21-31-18-6-8-28(31)26-20-24(13-14-25(26)27)32-19-7-17-30-15-4-3-5-16-30/h9-14,20H,3-8,15-19,21H2,1-2H3. The molecule has 3 heterocycles. The van der Waals surface area contributed by atoms with Crippen LogP contribution in [-0.2, 0) is 0 Å². The highest BCUT2D eigenvalue weighted by Crippen LogP contribution is 2.27. The van der Waals surface area contributed by atoms with Crippen LogP contribution in [-0.4, -0.2) is 63.2 Å². The SMILES string of the molecule is CN(C)c1ccc(C2=c3ccc(OCCCN4CCCCC4)cc3=C3CCCN3C2)cc1. The summed E-state index contributed by atoms with van der Waals surface area (Å²) >= 11 is 0. The quantitative estimate of drug-likeness (QED) is 0.625. The number of fused-ring (bicyclic) bond motifs is 2. The van der Waals surface area contributed by atoms with Gasteiger partial charge in [0.2, 0.25) is 0 Å². The summed E-state index contributed by atoms with van der Waals surface area (Å²) in [5, 5.41) is 2.77. The first-order valence-electron chi connectivity index (χ1n) is 12.4. The summed E-state index contributed by atoms with van der Waals surface area (Å²) in [4.78, 5) is 7.33. The fourth-order valence-electron chi connectivity index (χ4n) is 5.47. The van der Waals surface area contributed by atoms with E-state index in [0.29, 0.717) is 0 Å². The zero-order valence-electron chi connectivity index (χ0n) is 19.8. The molecule has 0 unspecified atom stereocenters. The molecule has 0 N–H and O–H groups in total. The van der Waals surface area contributed by atoms with Gasteiger partial charge in [0.15, 0.2) is 0 Å². The summed E-state index contributed by atoms with van der Waals surface area (Å²) in [6, 6.07) is 15.8. The monoisotopic (exact) mass is 431 g/mol. The van der Waals surface area contributed by atoms with Crippen molar-refractivity contribution in [3.05, 3.63) is 58.5 Å². The predicted octanol–water partition coefficient (Wildman–Crippen LogP) is 3.42. The fourth-order valence-corrected chi connectivity index (χ4v) is 5.47. The Morgan fingerprint density at radius 1 is 0.875 bits per heavy atom. The molecule has 32 heavy (non-hydrogen) atoms. The Morgan fingerprint density at radius 3 is 2.47 bits per heavy atom. The van der Waals surface area contributed by atoms with E-state index in [1.54, 1.807) is 0 Å². The predicted molar refractivity (Wildman–Crippen MR) is 134 cm³/mol. The Bertz CT molecular complexity index is 1050. The molecule has 2 fully saturated rings. The van der Waals surface area contributed by atoms with E-state index in [2.05, 4.69) is 71.3 Å². The lowest BCUT2D eigenvalue weighted by Crippen LogP contribution is -2.41. The maximum atomic E-state index is 6.22. The molecule has 2 aromatic carbocycles. The maximum Gasteiger partial charge on any atom is 0.119 e. The Labute approximate surface area is 192 Å². The number of hydrogen-bond acceptors (Lipinski definition) is 4. The second-order valence-corrected chi connectivity index (χ2v) is 9.70. The average molecular weight is 432 g/mol. The van der Waals surface area contributed by atoms with Gasteiger partial charge < -0.3 is 19.4 Å². The van der Waals surface area contributed by atoms with Crippen LogP contribution in [0.3, 0.4) is 0 Å². The maximum absolute atomic E-state index is 6.22. The molecule has 0 amide bonds. The Kier molecular flexibility index (Phi) is 6.40. The third kappa shape index (κ3) is 4.52. The second kappa shape index (κ2) is 9.58. The van der Waals surface area contributed by atoms with Gasteiger partial charge in [-0.15, -0.1) is 0 Å². The van der Waals surface area contributed by atoms with Crippen LogP contribution in [0, 0.1) is 0 Å². The summed E-state index contributed by atoms with van der Waals surface area (Å²) in [7, 11) is 4.19. The van der Waals surface area contributed by atoms with Crippen LogP contribution >= 0.6 is 0 Å². The van der Waals surface area contributed by atoms with Gasteiger partial charge in [-0.1, -0.05) is 24.6 Å². The third-order valence-electron chi connectivity index (χ3n) is 7.27. The zero-order chi connectivity index (χ0) is 21.9. The molecular formula is C28H37N3O. The van der Waals surface area contributed by atoms with E-state index in [-0.39, 0.29) is 0 Å². The summed E-state index contributed by atoms with van der Waals surface area (Å²) in [6.45, 7) is 6.67. The minimum atomic E-state index is 0.802. The molecule has 3 aliphatic rings. The molecule has 0 aromatic heterocycles. The highest BCUT2D eigenvalue weighted by atomic mass is 16.5. The number of likely N-dealkylation sites (tertiary alicyclic amines) is 1. The number of rotatable bonds is 7. The van der Waals surface area contributed by atoms with Gasteiger partial charge in [-0.05, 0) is 85.8 Å². The molecule has 4 nitrogen and oxygen atoms in total. The van der Waals surface area contributed by atoms with E-state index in [9.17, 15) is 0 Å². The number of ether oxygens (including phenoxy) is 1. The molecule has 0 bridgehead atoms. The molecule has 2 saturated heterocycles. The molecule has 0 radical (unpaired) electrons. The molecule has 2 aromatic rings. The van der Waals surface area contributed by atoms with Gasteiger partial charge in [-0.2, -0.15) is 0 Å². The van der Waals surface area contributed by atoms with Crippen molar-refractivity contribution < 1.29 is 4.74 Å². The summed E-state index contributed by atoms with van der Waals surface area (Å²) in [6.07, 6.45) is 7.65. The molecule has 4 heteroatoms. The third-order valence-corrected chi connectivity index (χ3v) is 7.27. The fraction of sp³-hybridized carbons (Fsp3) is 0.500. The van der Waals surface area contributed by atoms with Gasteiger partial charge in [0.25, 0.3) is 0 Å². The highest BCUT2D eigenvalue weighted by molar-refractivity contribution is 5.72. The molecule has 0 saturated carbocycles. The van der Waals surface area contributed by atoms with Crippen LogP contribution in [0.1, 0.15) is 44.1 Å². The Hall–Kier alpha value is -2.46. The second-order valence-electron chi connectivity index (χ2n) is 9.70. The van der Waals surface area contributed by atoms with Crippen molar-refractivity contribution in [1.82, 2.24) is 9.80 Å². The van der Waals surface area contributed by atoms with Gasteiger partial charge in [0, 0.05) is 50.3 Å². The first-order chi connectivity index (χ1) is 15.7. The van der Waals surface area contributed by atoms with Crippen molar-refractivity contribution in [2.24, 2.45) is 0 Å². The van der Waals surface area contributed by atoms with Crippen LogP contribution in [0.5, 0.6) is 5.75 Å². The van der Waals surface area contributed by atoms with Crippen molar-refractivity contribution in [1.29, 1.82) is 0 Å². The number of piperidine rings is 1. The average Bonchev–Trinajstić information content (AvgIpc) is 3.31. The summed E-state index contributed by atoms with van der Waals surface area (Å²) < 4.78 is 6.22. The molecule has 5 rings (SSSR count). The van der Waals surface area contributed by atoms with Crippen LogP contribution in [0.2, 0.25) is 0 Å². The van der Waals surface area contributed by atoms with E-state index in [1.165, 1.54) is 78.2 Å². The largest absolute Gasteiger partial charge is 0.494 e. The number of anilines is 1. The first-order valence-corrected chi connectivity index (χ1v) is 12.4. The summed E-state index contributed by atoms with van der Waals surface area (Å²) in [5.41, 5.74) is 5.52. The van der Waals surface area contributed by atoms with Crippen molar-refractivity contribution in [2.45, 2.75) is 38.5 Å². The first kappa shape index (κ1) is 21.4. The molecule has 0 spiro atoms. The smallest absolute Gasteiger partial charge is 0.119 e. The Morgan fingerprint density at radius 2 is 1.69 bits per heavy atom. The van der Waals surface area contributed by atoms with Gasteiger partial charge in [0.05, 0.1) is 6.61 Å². The van der Waals surface area contributed by atoms with Crippen LogP contribution < -0.4 is 20.1 Å². The van der Waals surface area contributed by atoms with E-state index in [1.807, 2.05) is 0 Å². The molecular weight excluding hydrogens is 394 g/mol. The van der Waals surface area contributed by atoms with Crippen molar-refractivity contribution in [3.8, 4) is 5.75 Å².